The summed E-state index contributed by atoms with van der Waals surface area (Å²) >= 11 is 0. The van der Waals surface area contributed by atoms with E-state index in [4.69, 9.17) is 4.74 Å². The first-order chi connectivity index (χ1) is 13.5. The van der Waals surface area contributed by atoms with Crippen LogP contribution in [0.4, 0.5) is 11.4 Å². The molecule has 0 saturated carbocycles. The fourth-order valence-electron chi connectivity index (χ4n) is 3.19. The largest absolute Gasteiger partial charge is 0.465 e. The highest BCUT2D eigenvalue weighted by molar-refractivity contribution is 6.05. The molecule has 3 rings (SSSR count). The number of amides is 2. The standard InChI is InChI=1S/C21H22N2O5/c1-27-13-19(24)23-11-3-4-14-9-10-17(12-18(14)23)22-20(25)15-5-7-16(8-6-15)21(26)28-2/h5-10,12H,3-4,11,13H2,1-2H3,(H,22,25). The van der Waals surface area contributed by atoms with Crippen LogP contribution in [0.15, 0.2) is 42.5 Å². The monoisotopic (exact) mass is 382 g/mol. The van der Waals surface area contributed by atoms with Gasteiger partial charge in [0.25, 0.3) is 11.8 Å². The Labute approximate surface area is 163 Å². The zero-order valence-corrected chi connectivity index (χ0v) is 15.9. The number of esters is 1. The summed E-state index contributed by atoms with van der Waals surface area (Å²) in [7, 11) is 2.80. The Morgan fingerprint density at radius 3 is 2.43 bits per heavy atom. The van der Waals surface area contributed by atoms with Gasteiger partial charge in [0.05, 0.1) is 12.7 Å². The number of carbonyl (C=O) groups excluding carboxylic acids is 3. The fraction of sp³-hybridized carbons (Fsp3) is 0.286. The Balaban J connectivity index is 1.77. The number of hydrogen-bond acceptors (Lipinski definition) is 5. The van der Waals surface area contributed by atoms with Crippen LogP contribution in [0, 0.1) is 0 Å². The van der Waals surface area contributed by atoms with Crippen molar-refractivity contribution in [2.75, 3.05) is 37.6 Å². The number of benzene rings is 2. The quantitative estimate of drug-likeness (QED) is 0.804. The number of nitrogens with one attached hydrogen (secondary N) is 1. The number of fused-ring (bicyclic) bond motifs is 1. The summed E-state index contributed by atoms with van der Waals surface area (Å²) in [5.74, 6) is -0.866. The van der Waals surface area contributed by atoms with Gasteiger partial charge < -0.3 is 19.7 Å². The van der Waals surface area contributed by atoms with Crippen LogP contribution in [-0.2, 0) is 20.7 Å². The van der Waals surface area contributed by atoms with Gasteiger partial charge in [0.1, 0.15) is 6.61 Å². The molecule has 146 valence electrons. The molecule has 2 amide bonds. The van der Waals surface area contributed by atoms with E-state index in [-0.39, 0.29) is 18.4 Å². The number of carbonyl (C=O) groups is 3. The van der Waals surface area contributed by atoms with Crippen molar-refractivity contribution in [3.05, 3.63) is 59.2 Å². The van der Waals surface area contributed by atoms with E-state index in [1.54, 1.807) is 29.2 Å². The normalized spacial score (nSPS) is 12.9. The van der Waals surface area contributed by atoms with Crippen molar-refractivity contribution >= 4 is 29.2 Å². The SMILES string of the molecule is COCC(=O)N1CCCc2ccc(NC(=O)c3ccc(C(=O)OC)cc3)cc21. The first-order valence-corrected chi connectivity index (χ1v) is 8.95. The minimum atomic E-state index is -0.456. The second-order valence-electron chi connectivity index (χ2n) is 6.45. The maximum absolute atomic E-state index is 12.5. The molecule has 1 N–H and O–H groups in total. The molecule has 0 unspecified atom stereocenters. The number of rotatable bonds is 5. The Kier molecular flexibility index (Phi) is 6.06. The highest BCUT2D eigenvalue weighted by Crippen LogP contribution is 2.30. The summed E-state index contributed by atoms with van der Waals surface area (Å²) in [5, 5.41) is 2.84. The summed E-state index contributed by atoms with van der Waals surface area (Å²) in [6.07, 6.45) is 1.77. The molecule has 1 aliphatic rings. The lowest BCUT2D eigenvalue weighted by Crippen LogP contribution is -2.37. The van der Waals surface area contributed by atoms with Crippen molar-refractivity contribution in [2.45, 2.75) is 12.8 Å². The molecule has 7 nitrogen and oxygen atoms in total. The van der Waals surface area contributed by atoms with E-state index in [2.05, 4.69) is 10.1 Å². The average molecular weight is 382 g/mol. The summed E-state index contributed by atoms with van der Waals surface area (Å²) < 4.78 is 9.62. The number of anilines is 2. The van der Waals surface area contributed by atoms with E-state index in [1.807, 2.05) is 18.2 Å². The van der Waals surface area contributed by atoms with Crippen LogP contribution in [0.1, 0.15) is 32.7 Å². The van der Waals surface area contributed by atoms with Gasteiger partial charge in [-0.15, -0.1) is 0 Å². The second-order valence-corrected chi connectivity index (χ2v) is 6.45. The fourth-order valence-corrected chi connectivity index (χ4v) is 3.19. The number of aryl methyl sites for hydroxylation is 1. The van der Waals surface area contributed by atoms with Crippen LogP contribution in [0.2, 0.25) is 0 Å². The molecule has 0 fully saturated rings. The van der Waals surface area contributed by atoms with Gasteiger partial charge in [-0.2, -0.15) is 0 Å². The first kappa shape index (κ1) is 19.6. The number of hydrogen-bond donors (Lipinski definition) is 1. The van der Waals surface area contributed by atoms with Gasteiger partial charge in [-0.3, -0.25) is 9.59 Å². The minimum absolute atomic E-state index is 0.0164. The van der Waals surface area contributed by atoms with Gasteiger partial charge in [0, 0.05) is 30.6 Å². The summed E-state index contributed by atoms with van der Waals surface area (Å²) in [4.78, 5) is 38.0. The first-order valence-electron chi connectivity index (χ1n) is 8.95. The van der Waals surface area contributed by atoms with Crippen molar-refractivity contribution < 1.29 is 23.9 Å². The maximum atomic E-state index is 12.5. The van der Waals surface area contributed by atoms with Crippen LogP contribution in [-0.4, -0.2) is 45.2 Å². The molecule has 0 saturated heterocycles. The van der Waals surface area contributed by atoms with E-state index < -0.39 is 5.97 Å². The summed E-state index contributed by atoms with van der Waals surface area (Å²) in [5.41, 5.74) is 3.25. The maximum Gasteiger partial charge on any atom is 0.337 e. The van der Waals surface area contributed by atoms with Gasteiger partial charge in [-0.05, 0) is 54.8 Å². The summed E-state index contributed by atoms with van der Waals surface area (Å²) in [6, 6.07) is 11.8. The second kappa shape index (κ2) is 8.67. The molecule has 2 aromatic carbocycles. The molecular weight excluding hydrogens is 360 g/mol. The van der Waals surface area contributed by atoms with Crippen LogP contribution >= 0.6 is 0 Å². The third kappa shape index (κ3) is 4.20. The van der Waals surface area contributed by atoms with Gasteiger partial charge >= 0.3 is 5.97 Å². The highest BCUT2D eigenvalue weighted by atomic mass is 16.5. The smallest absolute Gasteiger partial charge is 0.337 e. The molecule has 0 spiro atoms. The average Bonchev–Trinajstić information content (AvgIpc) is 2.73. The topological polar surface area (TPSA) is 84.9 Å². The van der Waals surface area contributed by atoms with Gasteiger partial charge in [0.2, 0.25) is 0 Å². The van der Waals surface area contributed by atoms with E-state index in [1.165, 1.54) is 14.2 Å². The van der Waals surface area contributed by atoms with Crippen molar-refractivity contribution in [3.63, 3.8) is 0 Å². The van der Waals surface area contributed by atoms with E-state index in [9.17, 15) is 14.4 Å². The van der Waals surface area contributed by atoms with Crippen LogP contribution in [0.5, 0.6) is 0 Å². The van der Waals surface area contributed by atoms with Gasteiger partial charge in [-0.1, -0.05) is 6.07 Å². The molecule has 1 heterocycles. The lowest BCUT2D eigenvalue weighted by atomic mass is 10.0. The van der Waals surface area contributed by atoms with E-state index >= 15 is 0 Å². The molecule has 0 radical (unpaired) electrons. The zero-order valence-electron chi connectivity index (χ0n) is 15.9. The lowest BCUT2D eigenvalue weighted by molar-refractivity contribution is -0.122. The highest BCUT2D eigenvalue weighted by Gasteiger charge is 2.23. The summed E-state index contributed by atoms with van der Waals surface area (Å²) in [6.45, 7) is 0.643. The van der Waals surface area contributed by atoms with Crippen molar-refractivity contribution in [1.29, 1.82) is 0 Å². The van der Waals surface area contributed by atoms with E-state index in [0.717, 1.165) is 24.1 Å². The lowest BCUT2D eigenvalue weighted by Gasteiger charge is -2.29. The van der Waals surface area contributed by atoms with Crippen LogP contribution < -0.4 is 10.2 Å². The minimum Gasteiger partial charge on any atom is -0.465 e. The number of ether oxygens (including phenoxy) is 2. The number of nitrogens with zero attached hydrogens (tertiary/aromatic N) is 1. The van der Waals surface area contributed by atoms with Gasteiger partial charge in [0.15, 0.2) is 0 Å². The molecule has 0 aliphatic carbocycles. The third-order valence-corrected chi connectivity index (χ3v) is 4.60. The number of methoxy groups -OCH3 is 2. The molecule has 1 aliphatic heterocycles. The predicted octanol–water partition coefficient (Wildman–Crippen LogP) is 2.65. The Morgan fingerprint density at radius 2 is 1.75 bits per heavy atom. The predicted molar refractivity (Wildman–Crippen MR) is 105 cm³/mol. The van der Waals surface area contributed by atoms with Crippen LogP contribution in [0.3, 0.4) is 0 Å². The molecule has 7 heteroatoms. The molecule has 2 aromatic rings. The van der Waals surface area contributed by atoms with Gasteiger partial charge in [-0.25, -0.2) is 4.79 Å². The molecule has 0 aromatic heterocycles. The van der Waals surface area contributed by atoms with E-state index in [0.29, 0.717) is 23.4 Å². The Bertz CT molecular complexity index is 892. The zero-order chi connectivity index (χ0) is 20.1. The molecule has 28 heavy (non-hydrogen) atoms. The van der Waals surface area contributed by atoms with Crippen molar-refractivity contribution in [2.24, 2.45) is 0 Å². The molecular formula is C21H22N2O5. The van der Waals surface area contributed by atoms with Crippen molar-refractivity contribution in [3.8, 4) is 0 Å². The van der Waals surface area contributed by atoms with Crippen molar-refractivity contribution in [1.82, 2.24) is 0 Å². The van der Waals surface area contributed by atoms with Crippen LogP contribution in [0.25, 0.3) is 0 Å². The third-order valence-electron chi connectivity index (χ3n) is 4.60. The Hall–Kier alpha value is -3.19. The molecule has 0 atom stereocenters. The molecule has 0 bridgehead atoms. The Morgan fingerprint density at radius 1 is 1.04 bits per heavy atom.